The first kappa shape index (κ1) is 26.5. The number of ether oxygens (including phenoxy) is 1. The van der Waals surface area contributed by atoms with Gasteiger partial charge in [0.15, 0.2) is 11.8 Å². The first-order valence-electron chi connectivity index (χ1n) is 10.9. The molecule has 0 bridgehead atoms. The summed E-state index contributed by atoms with van der Waals surface area (Å²) in [5.74, 6) is 2.33. The van der Waals surface area contributed by atoms with Crippen molar-refractivity contribution in [3.63, 3.8) is 0 Å². The molecular weight excluding hydrogens is 524 g/mol. The van der Waals surface area contributed by atoms with E-state index in [1.54, 1.807) is 7.11 Å². The van der Waals surface area contributed by atoms with Crippen molar-refractivity contribution in [2.45, 2.75) is 45.3 Å². The maximum Gasteiger partial charge on any atom is 0.191 e. The summed E-state index contributed by atoms with van der Waals surface area (Å²) in [7, 11) is 3.67. The highest BCUT2D eigenvalue weighted by molar-refractivity contribution is 14.0. The molecule has 2 heterocycles. The van der Waals surface area contributed by atoms with Gasteiger partial charge in [0.05, 0.1) is 0 Å². The molecule has 2 N–H and O–H groups in total. The van der Waals surface area contributed by atoms with Gasteiger partial charge in [0, 0.05) is 53.0 Å². The molecule has 1 aliphatic heterocycles. The lowest BCUT2D eigenvalue weighted by Gasteiger charge is -2.33. The quantitative estimate of drug-likeness (QED) is 0.213. The molecule has 1 aromatic heterocycles. The number of benzene rings is 1. The number of methoxy groups -OCH3 is 1. The first-order valence-corrected chi connectivity index (χ1v) is 10.9. The number of rotatable bonds is 9. The standard InChI is InChI=1S/C22H34FN7O.HI/c1-17-27-28-21(29(17)2)15-25-22(24-11-4-14-31-3)26-20-9-12-30(13-10-20)16-18-5-7-19(23)8-6-18;/h5-8,20H,4,9-16H2,1-3H3,(H2,24,25,26);1H. The van der Waals surface area contributed by atoms with Gasteiger partial charge < -0.3 is 19.9 Å². The third kappa shape index (κ3) is 8.28. The van der Waals surface area contributed by atoms with Crippen molar-refractivity contribution in [3.05, 3.63) is 47.3 Å². The van der Waals surface area contributed by atoms with Gasteiger partial charge in [-0.2, -0.15) is 0 Å². The number of nitrogens with one attached hydrogen (secondary N) is 2. The smallest absolute Gasteiger partial charge is 0.191 e. The van der Waals surface area contributed by atoms with E-state index in [9.17, 15) is 4.39 Å². The molecule has 8 nitrogen and oxygen atoms in total. The fourth-order valence-electron chi connectivity index (χ4n) is 3.59. The van der Waals surface area contributed by atoms with Crippen LogP contribution in [0.5, 0.6) is 0 Å². The van der Waals surface area contributed by atoms with Gasteiger partial charge >= 0.3 is 0 Å². The number of likely N-dealkylation sites (tertiary alicyclic amines) is 1. The highest BCUT2D eigenvalue weighted by atomic mass is 127. The van der Waals surface area contributed by atoms with Crippen molar-refractivity contribution in [1.82, 2.24) is 30.3 Å². The minimum atomic E-state index is -0.187. The van der Waals surface area contributed by atoms with E-state index in [1.807, 2.05) is 30.7 Å². The zero-order valence-electron chi connectivity index (χ0n) is 19.2. The molecule has 1 aliphatic rings. The number of nitrogens with zero attached hydrogens (tertiary/aromatic N) is 5. The molecule has 0 spiro atoms. The Kier molecular flexibility index (Phi) is 11.3. The molecule has 1 saturated heterocycles. The molecule has 0 amide bonds. The van der Waals surface area contributed by atoms with Crippen molar-refractivity contribution in [3.8, 4) is 0 Å². The van der Waals surface area contributed by atoms with Gasteiger partial charge in [-0.15, -0.1) is 34.2 Å². The molecule has 0 atom stereocenters. The average Bonchev–Trinajstić information content (AvgIpc) is 3.10. The molecule has 0 unspecified atom stereocenters. The number of hydrogen-bond acceptors (Lipinski definition) is 5. The van der Waals surface area contributed by atoms with Crippen molar-refractivity contribution < 1.29 is 9.13 Å². The van der Waals surface area contributed by atoms with Gasteiger partial charge in [0.1, 0.15) is 18.2 Å². The van der Waals surface area contributed by atoms with Crippen LogP contribution in [0.25, 0.3) is 0 Å². The number of aliphatic imine (C=N–C) groups is 1. The van der Waals surface area contributed by atoms with Crippen LogP contribution in [0.15, 0.2) is 29.3 Å². The number of aromatic nitrogens is 3. The Labute approximate surface area is 207 Å². The Morgan fingerprint density at radius 2 is 1.94 bits per heavy atom. The van der Waals surface area contributed by atoms with Gasteiger partial charge in [-0.05, 0) is 43.9 Å². The summed E-state index contributed by atoms with van der Waals surface area (Å²) in [6, 6.07) is 7.14. The topological polar surface area (TPSA) is 79.6 Å². The van der Waals surface area contributed by atoms with Crippen LogP contribution in [0.2, 0.25) is 0 Å². The normalized spacial score (nSPS) is 15.4. The van der Waals surface area contributed by atoms with Crippen LogP contribution in [0.1, 0.15) is 36.5 Å². The van der Waals surface area contributed by atoms with E-state index in [2.05, 4.69) is 25.7 Å². The molecular formula is C22H35FIN7O. The van der Waals surface area contributed by atoms with Crippen LogP contribution in [0, 0.1) is 12.7 Å². The number of guanidine groups is 1. The van der Waals surface area contributed by atoms with Gasteiger partial charge in [0.25, 0.3) is 0 Å². The fraction of sp³-hybridized carbons (Fsp3) is 0.591. The second-order valence-electron chi connectivity index (χ2n) is 7.98. The Morgan fingerprint density at radius 3 is 2.56 bits per heavy atom. The molecule has 32 heavy (non-hydrogen) atoms. The van der Waals surface area contributed by atoms with E-state index in [1.165, 1.54) is 12.1 Å². The van der Waals surface area contributed by atoms with Crippen LogP contribution in [-0.2, 0) is 24.9 Å². The fourth-order valence-corrected chi connectivity index (χ4v) is 3.59. The van der Waals surface area contributed by atoms with Crippen LogP contribution < -0.4 is 10.6 Å². The van der Waals surface area contributed by atoms with E-state index in [0.29, 0.717) is 19.2 Å². The maximum atomic E-state index is 13.1. The Morgan fingerprint density at radius 1 is 1.22 bits per heavy atom. The highest BCUT2D eigenvalue weighted by Crippen LogP contribution is 2.14. The van der Waals surface area contributed by atoms with E-state index < -0.39 is 0 Å². The van der Waals surface area contributed by atoms with Crippen LogP contribution in [-0.4, -0.2) is 65.0 Å². The van der Waals surface area contributed by atoms with Crippen LogP contribution in [0.4, 0.5) is 4.39 Å². The molecule has 1 fully saturated rings. The van der Waals surface area contributed by atoms with Crippen LogP contribution in [0.3, 0.4) is 0 Å². The highest BCUT2D eigenvalue weighted by Gasteiger charge is 2.20. The zero-order chi connectivity index (χ0) is 22.1. The lowest BCUT2D eigenvalue weighted by Crippen LogP contribution is -2.48. The van der Waals surface area contributed by atoms with Gasteiger partial charge in [-0.25, -0.2) is 9.38 Å². The maximum absolute atomic E-state index is 13.1. The van der Waals surface area contributed by atoms with Crippen LogP contribution >= 0.6 is 24.0 Å². The van der Waals surface area contributed by atoms with Crippen molar-refractivity contribution in [2.75, 3.05) is 33.4 Å². The second kappa shape index (κ2) is 13.7. The monoisotopic (exact) mass is 559 g/mol. The third-order valence-electron chi connectivity index (χ3n) is 5.63. The molecule has 10 heteroatoms. The first-order chi connectivity index (χ1) is 15.0. The van der Waals surface area contributed by atoms with Crippen molar-refractivity contribution >= 4 is 29.9 Å². The summed E-state index contributed by atoms with van der Waals surface area (Å²) >= 11 is 0. The lowest BCUT2D eigenvalue weighted by molar-refractivity contribution is 0.194. The Bertz CT molecular complexity index is 835. The summed E-state index contributed by atoms with van der Waals surface area (Å²) in [5.41, 5.74) is 1.15. The predicted molar refractivity (Wildman–Crippen MR) is 135 cm³/mol. The molecule has 178 valence electrons. The minimum Gasteiger partial charge on any atom is -0.385 e. The largest absolute Gasteiger partial charge is 0.385 e. The van der Waals surface area contributed by atoms with Gasteiger partial charge in [-0.1, -0.05) is 12.1 Å². The molecule has 0 aliphatic carbocycles. The molecule has 0 saturated carbocycles. The summed E-state index contributed by atoms with van der Waals surface area (Å²) in [6.45, 7) is 6.76. The average molecular weight is 559 g/mol. The molecule has 2 aromatic rings. The van der Waals surface area contributed by atoms with Gasteiger partial charge in [-0.3, -0.25) is 4.90 Å². The second-order valence-corrected chi connectivity index (χ2v) is 7.98. The summed E-state index contributed by atoms with van der Waals surface area (Å²) in [5, 5.41) is 15.3. The Hall–Kier alpha value is -1.79. The van der Waals surface area contributed by atoms with E-state index in [0.717, 1.165) is 68.6 Å². The van der Waals surface area contributed by atoms with E-state index in [-0.39, 0.29) is 29.8 Å². The molecule has 3 rings (SSSR count). The predicted octanol–water partition coefficient (Wildman–Crippen LogP) is 2.62. The van der Waals surface area contributed by atoms with Crippen molar-refractivity contribution in [2.24, 2.45) is 12.0 Å². The lowest BCUT2D eigenvalue weighted by atomic mass is 10.0. The molecule has 0 radical (unpaired) electrons. The van der Waals surface area contributed by atoms with Gasteiger partial charge in [0.2, 0.25) is 0 Å². The van der Waals surface area contributed by atoms with E-state index in [4.69, 9.17) is 9.73 Å². The third-order valence-corrected chi connectivity index (χ3v) is 5.63. The summed E-state index contributed by atoms with van der Waals surface area (Å²) < 4.78 is 20.2. The molecule has 1 aromatic carbocycles. The summed E-state index contributed by atoms with van der Waals surface area (Å²) in [4.78, 5) is 7.15. The number of piperidine rings is 1. The van der Waals surface area contributed by atoms with Crippen molar-refractivity contribution in [1.29, 1.82) is 0 Å². The number of aryl methyl sites for hydroxylation is 1. The summed E-state index contributed by atoms with van der Waals surface area (Å²) in [6.07, 6.45) is 2.97. The van der Waals surface area contributed by atoms with E-state index >= 15 is 0 Å². The SMILES string of the molecule is COCCCNC(=NCc1nnc(C)n1C)NC1CCN(Cc2ccc(F)cc2)CC1.I. The number of hydrogen-bond donors (Lipinski definition) is 2. The number of halogens is 2. The Balaban J connectivity index is 0.00000363. The minimum absolute atomic E-state index is 0. The zero-order valence-corrected chi connectivity index (χ0v) is 21.5.